The molecule has 15 heavy (non-hydrogen) atoms. The minimum Gasteiger partial charge on any atom is -0.352 e. The maximum absolute atomic E-state index is 11.7. The highest BCUT2D eigenvalue weighted by molar-refractivity contribution is 9.10. The summed E-state index contributed by atoms with van der Waals surface area (Å²) in [4.78, 5) is 11.7. The molecule has 0 atom stereocenters. The van der Waals surface area contributed by atoms with E-state index in [4.69, 9.17) is 0 Å². The third-order valence-corrected chi connectivity index (χ3v) is 3.21. The van der Waals surface area contributed by atoms with Gasteiger partial charge >= 0.3 is 0 Å². The highest BCUT2D eigenvalue weighted by Gasteiger charge is 2.08. The van der Waals surface area contributed by atoms with Crippen molar-refractivity contribution in [1.82, 2.24) is 5.32 Å². The van der Waals surface area contributed by atoms with Crippen LogP contribution >= 0.6 is 31.9 Å². The lowest BCUT2D eigenvalue weighted by Gasteiger charge is -2.06. The fourth-order valence-corrected chi connectivity index (χ4v) is 1.88. The molecule has 0 aliphatic rings. The molecular weight excluding hydrogens is 322 g/mol. The van der Waals surface area contributed by atoms with Gasteiger partial charge in [0.05, 0.1) is 5.56 Å². The van der Waals surface area contributed by atoms with Gasteiger partial charge in [-0.05, 0) is 41.4 Å². The van der Waals surface area contributed by atoms with Crippen LogP contribution in [0.25, 0.3) is 0 Å². The van der Waals surface area contributed by atoms with E-state index in [2.05, 4.69) is 37.2 Å². The van der Waals surface area contributed by atoms with Gasteiger partial charge in [-0.25, -0.2) is 0 Å². The molecule has 0 spiro atoms. The average Bonchev–Trinajstić information content (AvgIpc) is 2.22. The van der Waals surface area contributed by atoms with Gasteiger partial charge in [-0.2, -0.15) is 0 Å². The molecule has 1 aromatic carbocycles. The topological polar surface area (TPSA) is 29.1 Å². The summed E-state index contributed by atoms with van der Waals surface area (Å²) in [7, 11) is 0. The smallest absolute Gasteiger partial charge is 0.252 e. The standard InChI is InChI=1S/C11H13Br2NO/c1-8-3-4-10(13)9(7-8)11(15)14-6-2-5-12/h3-4,7H,2,5-6H2,1H3,(H,14,15). The Morgan fingerprint density at radius 2 is 2.20 bits per heavy atom. The van der Waals surface area contributed by atoms with Crippen LogP contribution in [-0.4, -0.2) is 17.8 Å². The Kier molecular flexibility index (Phi) is 5.32. The normalized spacial score (nSPS) is 10.1. The second-order valence-corrected chi connectivity index (χ2v) is 4.93. The van der Waals surface area contributed by atoms with Crippen LogP contribution in [0, 0.1) is 6.92 Å². The lowest BCUT2D eigenvalue weighted by atomic mass is 10.1. The van der Waals surface area contributed by atoms with Gasteiger partial charge in [0.15, 0.2) is 0 Å². The second kappa shape index (κ2) is 6.28. The number of aryl methyl sites for hydroxylation is 1. The van der Waals surface area contributed by atoms with Crippen LogP contribution in [0.15, 0.2) is 22.7 Å². The van der Waals surface area contributed by atoms with E-state index < -0.39 is 0 Å². The molecule has 0 radical (unpaired) electrons. The predicted molar refractivity (Wildman–Crippen MR) is 69.6 cm³/mol. The zero-order chi connectivity index (χ0) is 11.3. The Morgan fingerprint density at radius 3 is 2.87 bits per heavy atom. The number of alkyl halides is 1. The number of benzene rings is 1. The van der Waals surface area contributed by atoms with Crippen LogP contribution in [-0.2, 0) is 0 Å². The summed E-state index contributed by atoms with van der Waals surface area (Å²) < 4.78 is 0.837. The van der Waals surface area contributed by atoms with Gasteiger partial charge in [-0.3, -0.25) is 4.79 Å². The molecule has 0 bridgehead atoms. The number of carbonyl (C=O) groups excluding carboxylic acids is 1. The van der Waals surface area contributed by atoms with E-state index in [1.54, 1.807) is 0 Å². The summed E-state index contributed by atoms with van der Waals surface area (Å²) in [5.74, 6) is -0.0217. The fourth-order valence-electron chi connectivity index (χ4n) is 1.18. The average molecular weight is 335 g/mol. The van der Waals surface area contributed by atoms with Gasteiger partial charge in [0.25, 0.3) is 5.91 Å². The predicted octanol–water partition coefficient (Wildman–Crippen LogP) is 3.27. The molecule has 0 unspecified atom stereocenters. The first-order valence-corrected chi connectivity index (χ1v) is 6.67. The van der Waals surface area contributed by atoms with Crippen molar-refractivity contribution in [3.05, 3.63) is 33.8 Å². The molecule has 0 heterocycles. The van der Waals surface area contributed by atoms with E-state index >= 15 is 0 Å². The van der Waals surface area contributed by atoms with Crippen LogP contribution in [0.4, 0.5) is 0 Å². The lowest BCUT2D eigenvalue weighted by Crippen LogP contribution is -2.25. The Bertz CT molecular complexity index is 352. The summed E-state index contributed by atoms with van der Waals surface area (Å²) in [6.45, 7) is 2.67. The van der Waals surface area contributed by atoms with Crippen molar-refractivity contribution >= 4 is 37.8 Å². The van der Waals surface area contributed by atoms with Crippen molar-refractivity contribution < 1.29 is 4.79 Å². The van der Waals surface area contributed by atoms with Crippen LogP contribution < -0.4 is 5.32 Å². The largest absolute Gasteiger partial charge is 0.352 e. The SMILES string of the molecule is Cc1ccc(Br)c(C(=O)NCCCBr)c1. The summed E-state index contributed by atoms with van der Waals surface area (Å²) in [5, 5.41) is 3.77. The molecule has 1 amide bonds. The molecule has 0 saturated carbocycles. The first kappa shape index (κ1) is 12.7. The maximum Gasteiger partial charge on any atom is 0.252 e. The maximum atomic E-state index is 11.7. The summed E-state index contributed by atoms with van der Waals surface area (Å²) in [6, 6.07) is 5.75. The van der Waals surface area contributed by atoms with Crippen molar-refractivity contribution in [2.45, 2.75) is 13.3 Å². The lowest BCUT2D eigenvalue weighted by molar-refractivity contribution is 0.0953. The van der Waals surface area contributed by atoms with Gasteiger partial charge in [0.2, 0.25) is 0 Å². The molecule has 0 aromatic heterocycles. The van der Waals surface area contributed by atoms with Crippen LogP contribution in [0.2, 0.25) is 0 Å². The molecule has 4 heteroatoms. The molecule has 0 aliphatic carbocycles. The number of nitrogens with one attached hydrogen (secondary N) is 1. The Balaban J connectivity index is 2.68. The molecule has 1 aromatic rings. The molecule has 0 saturated heterocycles. The molecule has 2 nitrogen and oxygen atoms in total. The zero-order valence-corrected chi connectivity index (χ0v) is 11.7. The van der Waals surface area contributed by atoms with Crippen molar-refractivity contribution in [3.8, 4) is 0 Å². The van der Waals surface area contributed by atoms with E-state index in [0.717, 1.165) is 21.8 Å². The third kappa shape index (κ3) is 3.95. The minimum atomic E-state index is -0.0217. The second-order valence-electron chi connectivity index (χ2n) is 3.28. The molecule has 1 rings (SSSR count). The molecule has 1 N–H and O–H groups in total. The monoisotopic (exact) mass is 333 g/mol. The number of hydrogen-bond acceptors (Lipinski definition) is 1. The van der Waals surface area contributed by atoms with Crippen molar-refractivity contribution in [3.63, 3.8) is 0 Å². The number of halogens is 2. The van der Waals surface area contributed by atoms with E-state index in [9.17, 15) is 4.79 Å². The van der Waals surface area contributed by atoms with E-state index in [0.29, 0.717) is 12.1 Å². The first-order valence-electron chi connectivity index (χ1n) is 4.75. The fraction of sp³-hybridized carbons (Fsp3) is 0.364. The zero-order valence-electron chi connectivity index (χ0n) is 8.52. The van der Waals surface area contributed by atoms with Crippen LogP contribution in [0.5, 0.6) is 0 Å². The minimum absolute atomic E-state index is 0.0217. The summed E-state index contributed by atoms with van der Waals surface area (Å²) >= 11 is 6.69. The van der Waals surface area contributed by atoms with E-state index in [1.807, 2.05) is 25.1 Å². The van der Waals surface area contributed by atoms with E-state index in [1.165, 1.54) is 0 Å². The molecular formula is C11H13Br2NO. The summed E-state index contributed by atoms with van der Waals surface area (Å²) in [6.07, 6.45) is 0.940. The van der Waals surface area contributed by atoms with Gasteiger partial charge in [-0.1, -0.05) is 27.6 Å². The van der Waals surface area contributed by atoms with Crippen LogP contribution in [0.1, 0.15) is 22.3 Å². The quantitative estimate of drug-likeness (QED) is 0.664. The first-order chi connectivity index (χ1) is 7.15. The van der Waals surface area contributed by atoms with Gasteiger partial charge in [0.1, 0.15) is 0 Å². The number of amides is 1. The number of carbonyl (C=O) groups is 1. The van der Waals surface area contributed by atoms with Crippen molar-refractivity contribution in [2.75, 3.05) is 11.9 Å². The third-order valence-electron chi connectivity index (χ3n) is 1.96. The summed E-state index contributed by atoms with van der Waals surface area (Å²) in [5.41, 5.74) is 1.79. The Labute approximate surface area is 107 Å². The molecule has 0 fully saturated rings. The Hall–Kier alpha value is -0.350. The number of hydrogen-bond donors (Lipinski definition) is 1. The van der Waals surface area contributed by atoms with E-state index in [-0.39, 0.29) is 5.91 Å². The van der Waals surface area contributed by atoms with Crippen LogP contribution in [0.3, 0.4) is 0 Å². The number of rotatable bonds is 4. The molecule has 82 valence electrons. The Morgan fingerprint density at radius 1 is 1.47 bits per heavy atom. The van der Waals surface area contributed by atoms with Gasteiger partial charge in [0, 0.05) is 16.3 Å². The van der Waals surface area contributed by atoms with Crippen molar-refractivity contribution in [2.24, 2.45) is 0 Å². The van der Waals surface area contributed by atoms with Gasteiger partial charge in [-0.15, -0.1) is 0 Å². The highest BCUT2D eigenvalue weighted by Crippen LogP contribution is 2.17. The highest BCUT2D eigenvalue weighted by atomic mass is 79.9. The van der Waals surface area contributed by atoms with Gasteiger partial charge < -0.3 is 5.32 Å². The molecule has 0 aliphatic heterocycles. The van der Waals surface area contributed by atoms with Crippen molar-refractivity contribution in [1.29, 1.82) is 0 Å².